The Bertz CT molecular complexity index is 2070. The number of hydrogen-bond acceptors (Lipinski definition) is 6. The van der Waals surface area contributed by atoms with Gasteiger partial charge in [-0.15, -0.1) is 11.6 Å². The van der Waals surface area contributed by atoms with Gasteiger partial charge in [0.05, 0.1) is 27.8 Å². The van der Waals surface area contributed by atoms with Gasteiger partial charge in [-0.3, -0.25) is 19.2 Å². The number of nitrogens with zero attached hydrogens (tertiary/aromatic N) is 2. The Balaban J connectivity index is 1.04. The maximum absolute atomic E-state index is 14.3. The van der Waals surface area contributed by atoms with Gasteiger partial charge in [0.1, 0.15) is 0 Å². The van der Waals surface area contributed by atoms with E-state index in [1.165, 1.54) is 13.8 Å². The van der Waals surface area contributed by atoms with E-state index in [-0.39, 0.29) is 29.1 Å². The first-order valence-electron chi connectivity index (χ1n) is 16.7. The number of fused-ring (bicyclic) bond motifs is 6. The molecule has 48 heavy (non-hydrogen) atoms. The van der Waals surface area contributed by atoms with E-state index in [0.29, 0.717) is 56.2 Å². The number of benzene rings is 2. The Kier molecular flexibility index (Phi) is 6.84. The molecule has 2 amide bonds. The van der Waals surface area contributed by atoms with Crippen LogP contribution < -0.4 is 19.3 Å². The lowest BCUT2D eigenvalue weighted by Gasteiger charge is -2.70. The predicted octanol–water partition coefficient (Wildman–Crippen LogP) is 6.89. The van der Waals surface area contributed by atoms with E-state index in [1.54, 1.807) is 6.07 Å². The highest BCUT2D eigenvalue weighted by atomic mass is 35.5. The van der Waals surface area contributed by atoms with E-state index < -0.39 is 17.4 Å². The summed E-state index contributed by atoms with van der Waals surface area (Å²) in [4.78, 5) is 62.6. The van der Waals surface area contributed by atoms with Gasteiger partial charge in [-0.2, -0.15) is 0 Å². The first-order valence-corrected chi connectivity index (χ1v) is 17.3. The number of amides is 2. The Labute approximate surface area is 283 Å². The molecule has 3 saturated carbocycles. The number of alkyl halides is 1. The summed E-state index contributed by atoms with van der Waals surface area (Å²) in [7, 11) is 0. The number of halogens is 1. The Morgan fingerprint density at radius 2 is 1.33 bits per heavy atom. The number of rotatable bonds is 7. The van der Waals surface area contributed by atoms with Crippen molar-refractivity contribution in [2.45, 2.75) is 78.6 Å². The van der Waals surface area contributed by atoms with Crippen LogP contribution in [-0.2, 0) is 19.2 Å². The number of carbonyl (C=O) groups excluding carboxylic acids is 4. The minimum Gasteiger partial charge on any atom is -0.424 e. The minimum absolute atomic E-state index is 0.0410. The lowest BCUT2D eigenvalue weighted by atomic mass is 9.34. The molecule has 9 rings (SSSR count). The van der Waals surface area contributed by atoms with Crippen LogP contribution in [0.5, 0.6) is 11.5 Å². The number of anilines is 2. The van der Waals surface area contributed by atoms with Gasteiger partial charge in [-0.1, -0.05) is 6.92 Å². The molecule has 2 bridgehead atoms. The van der Waals surface area contributed by atoms with Gasteiger partial charge >= 0.3 is 11.9 Å². The summed E-state index contributed by atoms with van der Waals surface area (Å²) < 4.78 is 11.2. The van der Waals surface area contributed by atoms with Gasteiger partial charge in [0, 0.05) is 86.4 Å². The summed E-state index contributed by atoms with van der Waals surface area (Å²) >= 11 is 6.49. The highest BCUT2D eigenvalue weighted by Crippen LogP contribution is 2.76. The van der Waals surface area contributed by atoms with Crippen molar-refractivity contribution in [2.24, 2.45) is 10.8 Å². The zero-order valence-corrected chi connectivity index (χ0v) is 28.6. The van der Waals surface area contributed by atoms with E-state index in [4.69, 9.17) is 21.1 Å². The fraction of sp³-hybridized carbons (Fsp3) is 0.459. The van der Waals surface area contributed by atoms with E-state index in [1.807, 2.05) is 42.1 Å². The summed E-state index contributed by atoms with van der Waals surface area (Å²) in [6.45, 7) is 9.95. The van der Waals surface area contributed by atoms with E-state index in [2.05, 4.69) is 16.9 Å². The highest BCUT2D eigenvalue weighted by molar-refractivity contribution is 6.19. The van der Waals surface area contributed by atoms with Crippen LogP contribution in [0.25, 0.3) is 21.8 Å². The molecule has 2 aliphatic heterocycles. The molecule has 2 aromatic carbocycles. The first-order chi connectivity index (χ1) is 22.9. The smallest absolute Gasteiger partial charge is 0.308 e. The van der Waals surface area contributed by atoms with Gasteiger partial charge in [0.25, 0.3) is 0 Å². The van der Waals surface area contributed by atoms with Gasteiger partial charge < -0.3 is 29.2 Å². The van der Waals surface area contributed by atoms with E-state index >= 15 is 0 Å². The van der Waals surface area contributed by atoms with E-state index in [9.17, 15) is 19.2 Å². The van der Waals surface area contributed by atoms with Crippen LogP contribution >= 0.6 is 11.6 Å². The zero-order valence-electron chi connectivity index (χ0n) is 27.8. The SMILES string of the molecule is CCC1CN(C(=O)CC23CC(C(=O)N4CC(CCl)c5c4cc(OC(C)=O)c4[nH]cc(C)c54)(C2)C3)c2cc(OC(C)=O)c3[nH]cc(C)c3c21. The van der Waals surface area contributed by atoms with Gasteiger partial charge in [-0.25, -0.2) is 0 Å². The molecule has 0 saturated heterocycles. The van der Waals surface area contributed by atoms with Crippen molar-refractivity contribution in [3.63, 3.8) is 0 Å². The summed E-state index contributed by atoms with van der Waals surface area (Å²) in [6, 6.07) is 3.63. The number of esters is 2. The predicted molar refractivity (Wildman–Crippen MR) is 183 cm³/mol. The molecule has 3 aliphatic carbocycles. The molecule has 4 aromatic rings. The summed E-state index contributed by atoms with van der Waals surface area (Å²) in [5.74, 6) is 0.565. The second-order valence-corrected chi connectivity index (χ2v) is 14.9. The Hall–Kier alpha value is -4.31. The number of aryl methyl sites for hydroxylation is 2. The lowest BCUT2D eigenvalue weighted by Crippen LogP contribution is -2.69. The molecule has 250 valence electrons. The molecule has 3 fully saturated rings. The largest absolute Gasteiger partial charge is 0.424 e. The number of H-pyrrole nitrogens is 2. The van der Waals surface area contributed by atoms with E-state index in [0.717, 1.165) is 61.9 Å². The monoisotopic (exact) mass is 670 g/mol. The second-order valence-electron chi connectivity index (χ2n) is 14.6. The average molecular weight is 671 g/mol. The third-order valence-electron chi connectivity index (χ3n) is 11.3. The molecule has 11 heteroatoms. The maximum Gasteiger partial charge on any atom is 0.308 e. The normalized spacial score (nSPS) is 25.1. The maximum atomic E-state index is 14.3. The minimum atomic E-state index is -0.506. The Morgan fingerprint density at radius 1 is 0.833 bits per heavy atom. The van der Waals surface area contributed by atoms with Crippen LogP contribution in [0.1, 0.15) is 87.0 Å². The molecule has 0 radical (unpaired) electrons. The second kappa shape index (κ2) is 10.6. The molecule has 4 heterocycles. The third-order valence-corrected chi connectivity index (χ3v) is 11.7. The molecule has 5 aliphatic rings. The van der Waals surface area contributed by atoms with Gasteiger partial charge in [0.15, 0.2) is 11.5 Å². The fourth-order valence-electron chi connectivity index (χ4n) is 9.50. The van der Waals surface area contributed by atoms with Crippen LogP contribution in [0, 0.1) is 24.7 Å². The molecule has 10 nitrogen and oxygen atoms in total. The van der Waals surface area contributed by atoms with Crippen LogP contribution in [0.15, 0.2) is 24.5 Å². The number of hydrogen-bond donors (Lipinski definition) is 2. The average Bonchev–Trinajstić information content (AvgIpc) is 3.76. The fourth-order valence-corrected chi connectivity index (χ4v) is 9.75. The van der Waals surface area contributed by atoms with Crippen LogP contribution in [0.2, 0.25) is 0 Å². The van der Waals surface area contributed by atoms with Crippen LogP contribution in [0.4, 0.5) is 11.4 Å². The number of aromatic nitrogens is 2. The quantitative estimate of drug-likeness (QED) is 0.125. The van der Waals surface area contributed by atoms with Gasteiger partial charge in [-0.05, 0) is 67.2 Å². The highest BCUT2D eigenvalue weighted by Gasteiger charge is 2.72. The van der Waals surface area contributed by atoms with Crippen molar-refractivity contribution in [1.82, 2.24) is 9.97 Å². The van der Waals surface area contributed by atoms with Crippen LogP contribution in [-0.4, -0.2) is 52.7 Å². The van der Waals surface area contributed by atoms with Crippen molar-refractivity contribution in [3.05, 3.63) is 46.8 Å². The topological polar surface area (TPSA) is 125 Å². The van der Waals surface area contributed by atoms with Crippen molar-refractivity contribution < 1.29 is 28.7 Å². The molecule has 0 spiro atoms. The molecular weight excluding hydrogens is 632 g/mol. The number of ether oxygens (including phenoxy) is 2. The number of nitrogens with one attached hydrogen (secondary N) is 2. The molecule has 2 unspecified atom stereocenters. The summed E-state index contributed by atoms with van der Waals surface area (Å²) in [5, 5.41) is 1.97. The van der Waals surface area contributed by atoms with Crippen molar-refractivity contribution in [2.75, 3.05) is 28.8 Å². The van der Waals surface area contributed by atoms with Crippen molar-refractivity contribution >= 4 is 68.5 Å². The molecular formula is C37H39ClN4O6. The summed E-state index contributed by atoms with van der Waals surface area (Å²) in [6.07, 6.45) is 7.04. The standard InChI is InChI=1S/C37H39ClN4O6/c1-6-22-13-41(24-7-26(47-20(4)43)33-29(31(22)24)18(2)11-39-33)28(45)9-36-15-37(16-36,17-36)35(46)42-14-23(10-38)32-25(42)8-27(48-21(5)44)34-30(32)19(3)12-40-34/h7-8,11-12,22-23,39-40H,6,9-10,13-17H2,1-5H3. The first kappa shape index (κ1) is 31.0. The summed E-state index contributed by atoms with van der Waals surface area (Å²) in [5.41, 5.74) is 6.55. The molecule has 2 N–H and O–H groups in total. The third kappa shape index (κ3) is 4.30. The van der Waals surface area contributed by atoms with Gasteiger partial charge in [0.2, 0.25) is 11.8 Å². The number of carbonyl (C=O) groups is 4. The molecule has 2 atom stereocenters. The Morgan fingerprint density at radius 3 is 1.83 bits per heavy atom. The molecule has 2 aromatic heterocycles. The van der Waals surface area contributed by atoms with Crippen molar-refractivity contribution in [3.8, 4) is 11.5 Å². The lowest BCUT2D eigenvalue weighted by molar-refractivity contribution is -0.207. The van der Waals surface area contributed by atoms with Crippen LogP contribution in [0.3, 0.4) is 0 Å². The number of aromatic amines is 2. The van der Waals surface area contributed by atoms with Crippen molar-refractivity contribution in [1.29, 1.82) is 0 Å². The zero-order chi connectivity index (χ0) is 33.9.